The van der Waals surface area contributed by atoms with Gasteiger partial charge in [0.2, 0.25) is 5.78 Å². The zero-order valence-electron chi connectivity index (χ0n) is 10.9. The van der Waals surface area contributed by atoms with Crippen LogP contribution in [0.5, 0.6) is 0 Å². The van der Waals surface area contributed by atoms with Gasteiger partial charge in [-0.15, -0.1) is 0 Å². The second-order valence-electron chi connectivity index (χ2n) is 4.80. The summed E-state index contributed by atoms with van der Waals surface area (Å²) in [6, 6.07) is 15.3. The van der Waals surface area contributed by atoms with Crippen molar-refractivity contribution in [3.63, 3.8) is 0 Å². The number of carbonyl (C=O) groups is 1. The first-order valence-electron chi connectivity index (χ1n) is 6.26. The van der Waals surface area contributed by atoms with E-state index in [1.807, 2.05) is 62.4 Å². The molecule has 1 heterocycles. The lowest BCUT2D eigenvalue weighted by atomic mass is 10.1. The van der Waals surface area contributed by atoms with Gasteiger partial charge in [-0.2, -0.15) is 0 Å². The van der Waals surface area contributed by atoms with Gasteiger partial charge in [0.25, 0.3) is 0 Å². The minimum absolute atomic E-state index is 0.0701. The number of fused-ring (bicyclic) bond motifs is 1. The van der Waals surface area contributed by atoms with Gasteiger partial charge >= 0.3 is 0 Å². The molecule has 94 valence electrons. The third-order valence-electron chi connectivity index (χ3n) is 3.25. The minimum Gasteiger partial charge on any atom is -0.452 e. The number of para-hydroxylation sites is 1. The SMILES string of the molecule is Cc1cccc(C(=O)c2cc3cccc(C)c3o2)c1. The van der Waals surface area contributed by atoms with Crippen molar-refractivity contribution < 1.29 is 9.21 Å². The summed E-state index contributed by atoms with van der Waals surface area (Å²) in [5, 5.41) is 0.969. The van der Waals surface area contributed by atoms with Crippen molar-refractivity contribution in [2.45, 2.75) is 13.8 Å². The van der Waals surface area contributed by atoms with E-state index in [1.54, 1.807) is 0 Å². The van der Waals surface area contributed by atoms with Gasteiger partial charge in [-0.1, -0.05) is 42.0 Å². The molecule has 2 nitrogen and oxygen atoms in total. The molecule has 2 heteroatoms. The number of carbonyl (C=O) groups excluding carboxylic acids is 1. The Morgan fingerprint density at radius 1 is 1.00 bits per heavy atom. The lowest BCUT2D eigenvalue weighted by molar-refractivity contribution is 0.101. The van der Waals surface area contributed by atoms with Crippen LogP contribution in [0, 0.1) is 13.8 Å². The maximum absolute atomic E-state index is 12.4. The third-order valence-corrected chi connectivity index (χ3v) is 3.25. The Hall–Kier alpha value is -2.35. The smallest absolute Gasteiger partial charge is 0.228 e. The van der Waals surface area contributed by atoms with E-state index in [0.29, 0.717) is 11.3 Å². The Labute approximate surface area is 111 Å². The molecule has 0 bridgehead atoms. The lowest BCUT2D eigenvalue weighted by Gasteiger charge is -1.98. The van der Waals surface area contributed by atoms with Crippen LogP contribution >= 0.6 is 0 Å². The summed E-state index contributed by atoms with van der Waals surface area (Å²) in [5.74, 6) is 0.328. The van der Waals surface area contributed by atoms with Gasteiger partial charge < -0.3 is 4.42 Å². The molecule has 0 radical (unpaired) electrons. The molecule has 0 fully saturated rings. The molecule has 0 aliphatic carbocycles. The fourth-order valence-corrected chi connectivity index (χ4v) is 2.25. The van der Waals surface area contributed by atoms with Gasteiger partial charge in [-0.3, -0.25) is 4.79 Å². The second-order valence-corrected chi connectivity index (χ2v) is 4.80. The van der Waals surface area contributed by atoms with E-state index in [1.165, 1.54) is 0 Å². The number of hydrogen-bond acceptors (Lipinski definition) is 2. The molecule has 0 amide bonds. The average Bonchev–Trinajstić information content (AvgIpc) is 2.83. The molecule has 0 unspecified atom stereocenters. The molecule has 0 spiro atoms. The van der Waals surface area contributed by atoms with Crippen molar-refractivity contribution >= 4 is 16.8 Å². The zero-order chi connectivity index (χ0) is 13.4. The standard InChI is InChI=1S/C17H14O2/c1-11-5-3-7-13(9-11)16(18)15-10-14-8-4-6-12(2)17(14)19-15/h3-10H,1-2H3. The van der Waals surface area contributed by atoms with Crippen LogP contribution in [0.2, 0.25) is 0 Å². The van der Waals surface area contributed by atoms with Gasteiger partial charge in [0.1, 0.15) is 5.58 Å². The first-order chi connectivity index (χ1) is 9.15. The molecule has 3 aromatic rings. The van der Waals surface area contributed by atoms with Crippen molar-refractivity contribution in [3.8, 4) is 0 Å². The van der Waals surface area contributed by atoms with Crippen LogP contribution in [0.25, 0.3) is 11.0 Å². The molecule has 0 aliphatic heterocycles. The quantitative estimate of drug-likeness (QED) is 0.635. The highest BCUT2D eigenvalue weighted by atomic mass is 16.3. The summed E-state index contributed by atoms with van der Waals surface area (Å²) >= 11 is 0. The van der Waals surface area contributed by atoms with Crippen LogP contribution in [0.1, 0.15) is 27.2 Å². The molecule has 19 heavy (non-hydrogen) atoms. The van der Waals surface area contributed by atoms with Crippen molar-refractivity contribution in [1.29, 1.82) is 0 Å². The first kappa shape index (κ1) is 11.7. The Morgan fingerprint density at radius 3 is 2.53 bits per heavy atom. The van der Waals surface area contributed by atoms with Crippen LogP contribution in [0.15, 0.2) is 52.9 Å². The number of hydrogen-bond donors (Lipinski definition) is 0. The van der Waals surface area contributed by atoms with Crippen LogP contribution in [-0.2, 0) is 0 Å². The van der Waals surface area contributed by atoms with Gasteiger partial charge in [-0.05, 0) is 31.5 Å². The van der Waals surface area contributed by atoms with E-state index in [-0.39, 0.29) is 5.78 Å². The number of aryl methyl sites for hydroxylation is 2. The summed E-state index contributed by atoms with van der Waals surface area (Å²) in [5.41, 5.74) is 3.56. The summed E-state index contributed by atoms with van der Waals surface area (Å²) in [4.78, 5) is 12.4. The fraction of sp³-hybridized carbons (Fsp3) is 0.118. The highest BCUT2D eigenvalue weighted by Gasteiger charge is 2.15. The molecule has 1 aromatic heterocycles. The third kappa shape index (κ3) is 2.06. The molecule has 0 saturated heterocycles. The van der Waals surface area contributed by atoms with E-state index < -0.39 is 0 Å². The van der Waals surface area contributed by atoms with Gasteiger partial charge in [0.15, 0.2) is 5.76 Å². The van der Waals surface area contributed by atoms with E-state index >= 15 is 0 Å². The van der Waals surface area contributed by atoms with Crippen LogP contribution in [0.4, 0.5) is 0 Å². The fourth-order valence-electron chi connectivity index (χ4n) is 2.25. The number of ketones is 1. The Morgan fingerprint density at radius 2 is 1.79 bits per heavy atom. The van der Waals surface area contributed by atoms with Gasteiger partial charge in [0, 0.05) is 10.9 Å². The normalized spacial score (nSPS) is 10.8. The molecule has 0 atom stereocenters. The molecule has 0 saturated carbocycles. The van der Waals surface area contributed by atoms with Crippen LogP contribution in [-0.4, -0.2) is 5.78 Å². The Kier molecular flexibility index (Phi) is 2.71. The maximum atomic E-state index is 12.4. The lowest BCUT2D eigenvalue weighted by Crippen LogP contribution is -1.99. The second kappa shape index (κ2) is 4.39. The van der Waals surface area contributed by atoms with E-state index in [2.05, 4.69) is 0 Å². The van der Waals surface area contributed by atoms with Crippen molar-refractivity contribution in [1.82, 2.24) is 0 Å². The van der Waals surface area contributed by atoms with Gasteiger partial charge in [-0.25, -0.2) is 0 Å². The van der Waals surface area contributed by atoms with Crippen LogP contribution < -0.4 is 0 Å². The molecule has 2 aromatic carbocycles. The van der Waals surface area contributed by atoms with Crippen LogP contribution in [0.3, 0.4) is 0 Å². The number of benzene rings is 2. The predicted molar refractivity (Wildman–Crippen MR) is 75.6 cm³/mol. The summed E-state index contributed by atoms with van der Waals surface area (Å²) in [6.45, 7) is 3.95. The zero-order valence-corrected chi connectivity index (χ0v) is 10.9. The summed E-state index contributed by atoms with van der Waals surface area (Å²) < 4.78 is 5.71. The van der Waals surface area contributed by atoms with Crippen molar-refractivity contribution in [3.05, 3.63) is 71.0 Å². The van der Waals surface area contributed by atoms with Gasteiger partial charge in [0.05, 0.1) is 0 Å². The highest BCUT2D eigenvalue weighted by Crippen LogP contribution is 2.24. The molecule has 0 aliphatic rings. The number of furan rings is 1. The largest absolute Gasteiger partial charge is 0.452 e. The first-order valence-corrected chi connectivity index (χ1v) is 6.26. The maximum Gasteiger partial charge on any atom is 0.228 e. The Balaban J connectivity index is 2.09. The highest BCUT2D eigenvalue weighted by molar-refractivity contribution is 6.09. The molecule has 0 N–H and O–H groups in total. The average molecular weight is 250 g/mol. The van der Waals surface area contributed by atoms with E-state index in [4.69, 9.17) is 4.42 Å². The molecular weight excluding hydrogens is 236 g/mol. The molecular formula is C17H14O2. The minimum atomic E-state index is -0.0701. The number of rotatable bonds is 2. The van der Waals surface area contributed by atoms with E-state index in [0.717, 1.165) is 22.1 Å². The Bertz CT molecular complexity index is 766. The molecule has 3 rings (SSSR count). The summed E-state index contributed by atoms with van der Waals surface area (Å²) in [6.07, 6.45) is 0. The topological polar surface area (TPSA) is 30.2 Å². The summed E-state index contributed by atoms with van der Waals surface area (Å²) in [7, 11) is 0. The van der Waals surface area contributed by atoms with E-state index in [9.17, 15) is 4.79 Å². The van der Waals surface area contributed by atoms with Crippen molar-refractivity contribution in [2.75, 3.05) is 0 Å². The predicted octanol–water partition coefficient (Wildman–Crippen LogP) is 4.28. The van der Waals surface area contributed by atoms with Crippen molar-refractivity contribution in [2.24, 2.45) is 0 Å². The monoisotopic (exact) mass is 250 g/mol.